The molecule has 0 amide bonds. The molecule has 8 bridgehead atoms. The van der Waals surface area contributed by atoms with Crippen LogP contribution in [-0.2, 0) is 29.3 Å². The molecule has 10 rings (SSSR count). The molecule has 4 nitrogen and oxygen atoms in total. The van der Waals surface area contributed by atoms with Crippen molar-refractivity contribution in [3.8, 4) is 11.1 Å². The molecule has 245 valence electrons. The molecule has 0 aromatic heterocycles. The molecule has 0 atom stereocenters. The van der Waals surface area contributed by atoms with E-state index in [9.17, 15) is 8.42 Å². The van der Waals surface area contributed by atoms with E-state index in [2.05, 4.69) is 32.2 Å². The van der Waals surface area contributed by atoms with E-state index in [1.807, 2.05) is 42.5 Å². The molecular weight excluding hydrogens is 676 g/mol. The van der Waals surface area contributed by atoms with Gasteiger partial charge in [0.2, 0.25) is 0 Å². The molecule has 3 N–H and O–H groups in total. The zero-order valence-electron chi connectivity index (χ0n) is 26.7. The van der Waals surface area contributed by atoms with Crippen LogP contribution < -0.4 is 9.77 Å². The standard InChI is InChI=1S/C24H39P.C12H10N.CH4O3S.Pd/c1-2-3-4-25(23-11-17-5-18(12-23)7-19(6-17)13-23)24-14-20-8-21(15-24)10-22(9-20)16-24;13-12-9-5-4-8-11(12)10-6-2-1-3-7-10;1-5(2,3)4;/h17-22H,2-16H2,1H3;1-6,8-9H,13H2;1H3,(H,2,3,4);. The van der Waals surface area contributed by atoms with Gasteiger partial charge in [0.05, 0.1) is 6.26 Å². The van der Waals surface area contributed by atoms with Gasteiger partial charge in [0.15, 0.2) is 0 Å². The fourth-order valence-corrected chi connectivity index (χ4v) is 17.4. The first-order valence-corrected chi connectivity index (χ1v) is 21.4. The van der Waals surface area contributed by atoms with Gasteiger partial charge >= 0.3 is 94.3 Å². The van der Waals surface area contributed by atoms with Crippen LogP contribution >= 0.6 is 7.92 Å². The van der Waals surface area contributed by atoms with Crippen LogP contribution in [0.5, 0.6) is 0 Å². The number of unbranched alkanes of at least 4 members (excludes halogenated alkanes) is 1. The Morgan fingerprint density at radius 2 is 1.11 bits per heavy atom. The normalized spacial score (nSPS) is 36.7. The molecule has 0 saturated heterocycles. The zero-order chi connectivity index (χ0) is 31.1. The van der Waals surface area contributed by atoms with E-state index in [4.69, 9.17) is 10.3 Å². The minimum atomic E-state index is -3.67. The molecule has 0 unspecified atom stereocenters. The molecule has 8 aliphatic carbocycles. The van der Waals surface area contributed by atoms with E-state index in [0.717, 1.165) is 66.7 Å². The van der Waals surface area contributed by atoms with Crippen molar-refractivity contribution in [3.05, 3.63) is 48.5 Å². The number of benzene rings is 2. The number of hydrogen-bond donors (Lipinski definition) is 2. The summed E-state index contributed by atoms with van der Waals surface area (Å²) >= 11 is 3.23. The molecule has 0 aliphatic heterocycles. The number of para-hydroxylation sites is 1. The fraction of sp³-hybridized carbons (Fsp3) is 0.676. The van der Waals surface area contributed by atoms with Gasteiger partial charge < -0.3 is 0 Å². The second-order valence-electron chi connectivity index (χ2n) is 15.6. The van der Waals surface area contributed by atoms with Crippen molar-refractivity contribution in [1.82, 2.24) is 0 Å². The number of nitrogens with two attached hydrogens (primary N) is 1. The summed E-state index contributed by atoms with van der Waals surface area (Å²) in [5, 5.41) is 1.76. The van der Waals surface area contributed by atoms with Crippen molar-refractivity contribution in [1.29, 1.82) is 0 Å². The summed E-state index contributed by atoms with van der Waals surface area (Å²) < 4.78 is 27.0. The minimum absolute atomic E-state index is 0.285. The van der Waals surface area contributed by atoms with Gasteiger partial charge in [-0.25, -0.2) is 0 Å². The predicted octanol–water partition coefficient (Wildman–Crippen LogP) is 8.82. The maximum atomic E-state index is 9.19. The van der Waals surface area contributed by atoms with Gasteiger partial charge in [0, 0.05) is 0 Å². The Kier molecular flexibility index (Phi) is 10.1. The average molecular weight is 729 g/mol. The van der Waals surface area contributed by atoms with Gasteiger partial charge in [-0.2, -0.15) is 8.42 Å². The van der Waals surface area contributed by atoms with Crippen molar-refractivity contribution in [2.45, 2.75) is 107 Å². The summed E-state index contributed by atoms with van der Waals surface area (Å²) in [6.07, 6.45) is 25.3. The van der Waals surface area contributed by atoms with E-state index >= 15 is 0 Å². The van der Waals surface area contributed by atoms with E-state index in [0.29, 0.717) is 6.26 Å². The molecule has 8 fully saturated rings. The van der Waals surface area contributed by atoms with Crippen molar-refractivity contribution in [3.63, 3.8) is 0 Å². The van der Waals surface area contributed by atoms with Crippen LogP contribution in [-0.4, -0.2) is 35.7 Å². The Balaban J connectivity index is 0.000000153. The molecule has 0 heterocycles. The third-order valence-electron chi connectivity index (χ3n) is 12.0. The topological polar surface area (TPSA) is 80.4 Å². The average Bonchev–Trinajstić information content (AvgIpc) is 2.92. The van der Waals surface area contributed by atoms with E-state index in [-0.39, 0.29) is 7.92 Å². The van der Waals surface area contributed by atoms with Crippen LogP contribution in [0.4, 0.5) is 5.69 Å². The van der Waals surface area contributed by atoms with Gasteiger partial charge in [-0.05, 0) is 135 Å². The predicted molar refractivity (Wildman–Crippen MR) is 182 cm³/mol. The van der Waals surface area contributed by atoms with Crippen LogP contribution in [0.25, 0.3) is 11.1 Å². The number of anilines is 1. The van der Waals surface area contributed by atoms with E-state index in [1.165, 1.54) is 6.42 Å². The molecule has 8 aliphatic rings. The van der Waals surface area contributed by atoms with Gasteiger partial charge in [-0.3, -0.25) is 4.55 Å². The number of hydrogen-bond acceptors (Lipinski definition) is 3. The second kappa shape index (κ2) is 13.4. The Morgan fingerprint density at radius 1 is 0.750 bits per heavy atom. The van der Waals surface area contributed by atoms with E-state index < -0.39 is 10.1 Å². The summed E-state index contributed by atoms with van der Waals surface area (Å²) in [6, 6.07) is 16.0. The Bertz CT molecular complexity index is 1240. The van der Waals surface area contributed by atoms with Crippen LogP contribution in [0, 0.1) is 35.5 Å². The van der Waals surface area contributed by atoms with Gasteiger partial charge in [-0.15, -0.1) is 0 Å². The Hall–Kier alpha value is -0.758. The fourth-order valence-electron chi connectivity index (χ4n) is 11.5. The first kappa shape index (κ1) is 33.2. The first-order valence-electron chi connectivity index (χ1n) is 17.2. The molecule has 7 heteroatoms. The molecule has 8 saturated carbocycles. The van der Waals surface area contributed by atoms with Gasteiger partial charge in [-0.1, -0.05) is 21.3 Å². The molecule has 0 radical (unpaired) electrons. The Labute approximate surface area is 279 Å². The van der Waals surface area contributed by atoms with Crippen molar-refractivity contribution >= 4 is 27.8 Å². The zero-order valence-corrected chi connectivity index (χ0v) is 30.0. The Morgan fingerprint density at radius 3 is 1.48 bits per heavy atom. The van der Waals surface area contributed by atoms with Crippen LogP contribution in [0.15, 0.2) is 48.5 Å². The van der Waals surface area contributed by atoms with Crippen molar-refractivity contribution in [2.24, 2.45) is 35.5 Å². The van der Waals surface area contributed by atoms with E-state index in [1.54, 1.807) is 89.6 Å². The van der Waals surface area contributed by atoms with Gasteiger partial charge in [0.1, 0.15) is 0 Å². The molecular formula is C37H53NO3PPdS. The third kappa shape index (κ3) is 7.36. The molecule has 2 aromatic carbocycles. The van der Waals surface area contributed by atoms with Crippen LogP contribution in [0.2, 0.25) is 0 Å². The second-order valence-corrected chi connectivity index (χ2v) is 21.1. The summed E-state index contributed by atoms with van der Waals surface area (Å²) in [5.74, 6) is 6.95. The number of rotatable bonds is 6. The van der Waals surface area contributed by atoms with Crippen LogP contribution in [0.3, 0.4) is 0 Å². The maximum absolute atomic E-state index is 9.19. The summed E-state index contributed by atoms with van der Waals surface area (Å²) in [4.78, 5) is 0. The summed E-state index contributed by atoms with van der Waals surface area (Å²) in [5.41, 5.74) is 8.94. The molecule has 44 heavy (non-hydrogen) atoms. The SMILES string of the molecule is CCCCP(C12CC3CC(CC(C3)C1)C2)C12CC3CC(CC(C3)C1)C2.CS(=O)(=O)O.Nc1ccccc1-c1cccc[c]1[Pd]. The van der Waals surface area contributed by atoms with Crippen molar-refractivity contribution in [2.75, 3.05) is 18.2 Å². The number of nitrogen functional groups attached to an aromatic ring is 1. The summed E-state index contributed by atoms with van der Waals surface area (Å²) in [7, 11) is -3.38. The third-order valence-corrected chi connectivity index (χ3v) is 16.8. The quantitative estimate of drug-likeness (QED) is 0.135. The molecule has 0 spiro atoms. The van der Waals surface area contributed by atoms with Crippen LogP contribution in [0.1, 0.15) is 96.8 Å². The summed E-state index contributed by atoms with van der Waals surface area (Å²) in [6.45, 7) is 2.45. The monoisotopic (exact) mass is 728 g/mol. The van der Waals surface area contributed by atoms with Gasteiger partial charge in [0.25, 0.3) is 10.1 Å². The van der Waals surface area contributed by atoms with Crippen molar-refractivity contribution < 1.29 is 32.2 Å². The first-order chi connectivity index (χ1) is 21.0. The molecule has 2 aromatic rings.